The van der Waals surface area contributed by atoms with Crippen LogP contribution in [0.4, 0.5) is 11.8 Å². The van der Waals surface area contributed by atoms with Gasteiger partial charge in [0, 0.05) is 54.2 Å². The molecule has 3 aromatic rings. The van der Waals surface area contributed by atoms with E-state index in [0.717, 1.165) is 41.5 Å². The lowest BCUT2D eigenvalue weighted by Gasteiger charge is -2.49. The van der Waals surface area contributed by atoms with Gasteiger partial charge >= 0.3 is 0 Å². The third kappa shape index (κ3) is 3.97. The Morgan fingerprint density at radius 1 is 1.15 bits per heavy atom. The number of rotatable bonds is 5. The Labute approximate surface area is 203 Å². The number of aromatic nitrogens is 2. The molecule has 2 aliphatic heterocycles. The summed E-state index contributed by atoms with van der Waals surface area (Å²) < 4.78 is 5.16. The topological polar surface area (TPSA) is 90.9 Å². The van der Waals surface area contributed by atoms with E-state index >= 15 is 0 Å². The molecule has 3 N–H and O–H groups in total. The van der Waals surface area contributed by atoms with Crippen molar-refractivity contribution in [1.29, 1.82) is 0 Å². The van der Waals surface area contributed by atoms with Crippen molar-refractivity contribution in [2.24, 2.45) is 15.5 Å². The number of benzene rings is 2. The molecule has 1 aromatic heterocycles. The van der Waals surface area contributed by atoms with Crippen LogP contribution in [0.15, 0.2) is 51.7 Å². The molecule has 1 saturated heterocycles. The van der Waals surface area contributed by atoms with Crippen LogP contribution < -0.4 is 15.5 Å². The summed E-state index contributed by atoms with van der Waals surface area (Å²) in [6, 6.07) is 15.7. The number of aliphatic hydroxyl groups excluding tert-OH is 1. The summed E-state index contributed by atoms with van der Waals surface area (Å²) >= 11 is 0. The molecule has 6 rings (SSSR count). The molecule has 1 atom stereocenters. The summed E-state index contributed by atoms with van der Waals surface area (Å²) in [5.41, 5.74) is 9.22. The molecule has 0 bridgehead atoms. The summed E-state index contributed by atoms with van der Waals surface area (Å²) in [7, 11) is -0.0710. The van der Waals surface area contributed by atoms with E-state index < -0.39 is 0 Å². The molecular weight excluding hydrogens is 444 g/mol. The lowest BCUT2D eigenvalue weighted by Crippen LogP contribution is -2.62. The standard InChI is InChI=1S/C26H32N6OS/c1-18-6-9-22-21(12-18)24(32-15-26(14-27,16-32)17-33)29-25(28-22)31-10-11-34(30-20-7-8-20)23-5-3-2-4-19(23)13-31/h2-6,9,12,20,33H,7-8,10-11,13-17,27H2,1H3. The van der Waals surface area contributed by atoms with Gasteiger partial charge in [0.2, 0.25) is 5.95 Å². The van der Waals surface area contributed by atoms with Crippen molar-refractivity contribution in [2.75, 3.05) is 48.3 Å². The van der Waals surface area contributed by atoms with Gasteiger partial charge in [-0.2, -0.15) is 4.98 Å². The Morgan fingerprint density at radius 2 is 1.97 bits per heavy atom. The number of aryl methyl sites for hydroxylation is 1. The molecule has 0 amide bonds. The van der Waals surface area contributed by atoms with Crippen LogP contribution in [-0.2, 0) is 17.2 Å². The van der Waals surface area contributed by atoms with E-state index in [1.807, 2.05) is 0 Å². The molecule has 0 radical (unpaired) electrons. The maximum Gasteiger partial charge on any atom is 0.228 e. The first-order valence-corrected chi connectivity index (χ1v) is 13.5. The predicted molar refractivity (Wildman–Crippen MR) is 139 cm³/mol. The van der Waals surface area contributed by atoms with Crippen molar-refractivity contribution in [1.82, 2.24) is 9.97 Å². The first-order chi connectivity index (χ1) is 16.6. The maximum atomic E-state index is 9.88. The van der Waals surface area contributed by atoms with E-state index in [2.05, 4.69) is 59.2 Å². The zero-order valence-electron chi connectivity index (χ0n) is 19.7. The summed E-state index contributed by atoms with van der Waals surface area (Å²) in [5.74, 6) is 2.72. The summed E-state index contributed by atoms with van der Waals surface area (Å²) in [6.45, 7) is 5.78. The molecule has 3 heterocycles. The van der Waals surface area contributed by atoms with Crippen LogP contribution >= 0.6 is 0 Å². The van der Waals surface area contributed by atoms with Gasteiger partial charge in [0.1, 0.15) is 5.82 Å². The van der Waals surface area contributed by atoms with E-state index in [1.165, 1.54) is 28.9 Å². The van der Waals surface area contributed by atoms with E-state index in [-0.39, 0.29) is 22.7 Å². The van der Waals surface area contributed by atoms with Crippen molar-refractivity contribution in [3.63, 3.8) is 0 Å². The number of hydrogen-bond donors (Lipinski definition) is 2. The van der Waals surface area contributed by atoms with E-state index in [0.29, 0.717) is 25.7 Å². The van der Waals surface area contributed by atoms with Crippen molar-refractivity contribution in [3.8, 4) is 0 Å². The SMILES string of the molecule is Cc1ccc2nc(N3CCS(=NC4CC4)c4ccccc4C3)nc(N3CC(CN)(CO)C3)c2c1. The van der Waals surface area contributed by atoms with Gasteiger partial charge in [-0.1, -0.05) is 40.5 Å². The minimum absolute atomic E-state index is 0.0710. The van der Waals surface area contributed by atoms with Gasteiger partial charge < -0.3 is 20.6 Å². The second kappa shape index (κ2) is 8.59. The Kier molecular flexibility index (Phi) is 5.54. The molecule has 3 aliphatic rings. The Balaban J connectivity index is 1.39. The minimum Gasteiger partial charge on any atom is -0.396 e. The number of aliphatic hydroxyl groups is 1. The average molecular weight is 477 g/mol. The monoisotopic (exact) mass is 476 g/mol. The fraction of sp³-hybridized carbons (Fsp3) is 0.462. The zero-order chi connectivity index (χ0) is 23.3. The first-order valence-electron chi connectivity index (χ1n) is 12.2. The Hall–Kier alpha value is -2.55. The number of nitrogens with zero attached hydrogens (tertiary/aromatic N) is 5. The number of hydrogen-bond acceptors (Lipinski definition) is 7. The van der Waals surface area contributed by atoms with Crippen LogP contribution in [0.2, 0.25) is 0 Å². The molecule has 34 heavy (non-hydrogen) atoms. The average Bonchev–Trinajstić information content (AvgIpc) is 3.66. The van der Waals surface area contributed by atoms with Crippen molar-refractivity contribution in [3.05, 3.63) is 53.6 Å². The maximum absolute atomic E-state index is 9.88. The number of fused-ring (bicyclic) bond motifs is 2. The lowest BCUT2D eigenvalue weighted by atomic mass is 9.80. The molecule has 178 valence electrons. The Morgan fingerprint density at radius 3 is 2.74 bits per heavy atom. The van der Waals surface area contributed by atoms with Crippen LogP contribution in [-0.4, -0.2) is 59.7 Å². The summed E-state index contributed by atoms with van der Waals surface area (Å²) in [6.07, 6.45) is 2.47. The molecule has 1 saturated carbocycles. The highest BCUT2D eigenvalue weighted by Gasteiger charge is 2.43. The van der Waals surface area contributed by atoms with Gasteiger partial charge in [-0.3, -0.25) is 4.36 Å². The van der Waals surface area contributed by atoms with Gasteiger partial charge in [0.05, 0.1) is 18.2 Å². The van der Waals surface area contributed by atoms with Gasteiger partial charge in [0.15, 0.2) is 0 Å². The van der Waals surface area contributed by atoms with Crippen LogP contribution in [0.1, 0.15) is 24.0 Å². The highest BCUT2D eigenvalue weighted by atomic mass is 32.2. The second-order valence-corrected chi connectivity index (χ2v) is 11.8. The second-order valence-electron chi connectivity index (χ2n) is 10.0. The third-order valence-electron chi connectivity index (χ3n) is 7.19. The summed E-state index contributed by atoms with van der Waals surface area (Å²) in [4.78, 5) is 16.1. The molecule has 8 heteroatoms. The molecule has 1 aliphatic carbocycles. The molecule has 2 fully saturated rings. The van der Waals surface area contributed by atoms with Gasteiger partial charge in [-0.15, -0.1) is 0 Å². The highest BCUT2D eigenvalue weighted by Crippen LogP contribution is 2.37. The zero-order valence-corrected chi connectivity index (χ0v) is 20.5. The fourth-order valence-electron chi connectivity index (χ4n) is 4.90. The predicted octanol–water partition coefficient (Wildman–Crippen LogP) is 3.04. The lowest BCUT2D eigenvalue weighted by molar-refractivity contribution is 0.100. The van der Waals surface area contributed by atoms with E-state index in [9.17, 15) is 5.11 Å². The van der Waals surface area contributed by atoms with Gasteiger partial charge in [-0.25, -0.2) is 4.98 Å². The molecular formula is C26H32N6OS. The van der Waals surface area contributed by atoms with E-state index in [1.54, 1.807) is 0 Å². The third-order valence-corrected chi connectivity index (χ3v) is 9.22. The van der Waals surface area contributed by atoms with Gasteiger partial charge in [-0.05, 0) is 43.5 Å². The number of anilines is 2. The van der Waals surface area contributed by atoms with Crippen molar-refractivity contribution < 1.29 is 5.11 Å². The van der Waals surface area contributed by atoms with Crippen LogP contribution in [0, 0.1) is 12.3 Å². The smallest absolute Gasteiger partial charge is 0.228 e. The summed E-state index contributed by atoms with van der Waals surface area (Å²) in [5, 5.41) is 10.9. The quantitative estimate of drug-likeness (QED) is 0.588. The minimum atomic E-state index is -0.235. The molecule has 7 nitrogen and oxygen atoms in total. The number of nitrogens with two attached hydrogens (primary N) is 1. The normalized spacial score (nSPS) is 21.9. The van der Waals surface area contributed by atoms with Crippen LogP contribution in [0.25, 0.3) is 10.9 Å². The van der Waals surface area contributed by atoms with Crippen molar-refractivity contribution >= 4 is 33.4 Å². The van der Waals surface area contributed by atoms with E-state index in [4.69, 9.17) is 20.1 Å². The first kappa shape index (κ1) is 21.9. The largest absolute Gasteiger partial charge is 0.396 e. The van der Waals surface area contributed by atoms with Gasteiger partial charge in [0.25, 0.3) is 0 Å². The highest BCUT2D eigenvalue weighted by molar-refractivity contribution is 7.87. The van der Waals surface area contributed by atoms with Crippen LogP contribution in [0.3, 0.4) is 0 Å². The van der Waals surface area contributed by atoms with Crippen molar-refractivity contribution in [2.45, 2.75) is 37.2 Å². The van der Waals surface area contributed by atoms with Crippen LogP contribution in [0.5, 0.6) is 0 Å². The molecule has 1 unspecified atom stereocenters. The fourth-order valence-corrected chi connectivity index (χ4v) is 6.97. The Bertz CT molecular complexity index is 1260. The molecule has 2 aromatic carbocycles. The molecule has 0 spiro atoms.